The van der Waals surface area contributed by atoms with Gasteiger partial charge < -0.3 is 15.0 Å². The third kappa shape index (κ3) is 3.39. The molecule has 1 aromatic rings. The lowest BCUT2D eigenvalue weighted by molar-refractivity contribution is -0.132. The number of rotatable bonds is 4. The number of carbonyl (C=O) groups excluding carboxylic acids is 1. The Morgan fingerprint density at radius 1 is 1.58 bits per heavy atom. The predicted octanol–water partition coefficient (Wildman–Crippen LogP) is 2.06. The first-order valence-electron chi connectivity index (χ1n) is 6.42. The first-order valence-corrected chi connectivity index (χ1v) is 6.80. The molecule has 1 amide bonds. The van der Waals surface area contributed by atoms with Crippen LogP contribution in [-0.2, 0) is 11.3 Å². The van der Waals surface area contributed by atoms with Crippen LogP contribution in [0.2, 0.25) is 5.02 Å². The molecule has 0 aromatic heterocycles. The Bertz CT molecular complexity index is 459. The van der Waals surface area contributed by atoms with Gasteiger partial charge in [0, 0.05) is 24.2 Å². The summed E-state index contributed by atoms with van der Waals surface area (Å²) in [5.74, 6) is 0.878. The lowest BCUT2D eigenvalue weighted by atomic mass is 10.1. The molecular weight excluding hydrogens is 264 g/mol. The van der Waals surface area contributed by atoms with Crippen molar-refractivity contribution in [2.24, 2.45) is 0 Å². The minimum atomic E-state index is -0.0461. The highest BCUT2D eigenvalue weighted by Gasteiger charge is 2.25. The molecule has 0 aliphatic carbocycles. The van der Waals surface area contributed by atoms with E-state index in [1.165, 1.54) is 0 Å². The van der Waals surface area contributed by atoms with Crippen LogP contribution in [0.25, 0.3) is 0 Å². The zero-order valence-electron chi connectivity index (χ0n) is 11.3. The Balaban J connectivity index is 2.07. The Morgan fingerprint density at radius 3 is 3.00 bits per heavy atom. The number of amides is 1. The minimum absolute atomic E-state index is 0.0461. The Kier molecular flexibility index (Phi) is 4.66. The van der Waals surface area contributed by atoms with Crippen LogP contribution >= 0.6 is 11.6 Å². The number of nitrogens with zero attached hydrogens (tertiary/aromatic N) is 1. The van der Waals surface area contributed by atoms with Gasteiger partial charge in [-0.3, -0.25) is 4.79 Å². The fourth-order valence-electron chi connectivity index (χ4n) is 2.37. The lowest BCUT2D eigenvalue weighted by Crippen LogP contribution is -2.41. The maximum atomic E-state index is 12.2. The first kappa shape index (κ1) is 14.2. The van der Waals surface area contributed by atoms with Gasteiger partial charge in [-0.15, -0.1) is 0 Å². The highest BCUT2D eigenvalue weighted by Crippen LogP contribution is 2.24. The molecule has 4 nitrogen and oxygen atoms in total. The Labute approximate surface area is 118 Å². The van der Waals surface area contributed by atoms with E-state index in [-0.39, 0.29) is 11.9 Å². The summed E-state index contributed by atoms with van der Waals surface area (Å²) < 4.78 is 5.29. The third-order valence-electron chi connectivity index (χ3n) is 3.38. The summed E-state index contributed by atoms with van der Waals surface area (Å²) in [6.07, 6.45) is 1.97. The van der Waals surface area contributed by atoms with Crippen LogP contribution < -0.4 is 10.1 Å². The molecule has 0 radical (unpaired) electrons. The molecule has 0 spiro atoms. The minimum Gasteiger partial charge on any atom is -0.496 e. The van der Waals surface area contributed by atoms with E-state index < -0.39 is 0 Å². The Morgan fingerprint density at radius 2 is 2.37 bits per heavy atom. The van der Waals surface area contributed by atoms with Crippen LogP contribution in [0.3, 0.4) is 0 Å². The molecule has 1 N–H and O–H groups in total. The zero-order valence-corrected chi connectivity index (χ0v) is 12.0. The van der Waals surface area contributed by atoms with Crippen molar-refractivity contribution in [2.45, 2.75) is 25.4 Å². The van der Waals surface area contributed by atoms with Crippen molar-refractivity contribution in [3.05, 3.63) is 28.8 Å². The number of carbonyl (C=O) groups is 1. The molecule has 0 unspecified atom stereocenters. The van der Waals surface area contributed by atoms with Gasteiger partial charge in [-0.05, 0) is 37.6 Å². The van der Waals surface area contributed by atoms with Gasteiger partial charge in [-0.25, -0.2) is 0 Å². The Hall–Kier alpha value is -1.26. The first-order chi connectivity index (χ1) is 9.11. The molecule has 19 heavy (non-hydrogen) atoms. The van der Waals surface area contributed by atoms with E-state index in [1.54, 1.807) is 18.1 Å². The molecule has 2 rings (SSSR count). The molecule has 1 aliphatic rings. The van der Waals surface area contributed by atoms with E-state index in [4.69, 9.17) is 16.3 Å². The van der Waals surface area contributed by atoms with Crippen molar-refractivity contribution in [3.63, 3.8) is 0 Å². The maximum absolute atomic E-state index is 12.2. The fourth-order valence-corrected chi connectivity index (χ4v) is 2.56. The second kappa shape index (κ2) is 6.26. The smallest absolute Gasteiger partial charge is 0.239 e. The molecule has 1 atom stereocenters. The summed E-state index contributed by atoms with van der Waals surface area (Å²) in [6, 6.07) is 5.40. The van der Waals surface area contributed by atoms with E-state index in [2.05, 4.69) is 5.32 Å². The molecule has 0 saturated carbocycles. The van der Waals surface area contributed by atoms with Gasteiger partial charge in [0.05, 0.1) is 13.2 Å². The van der Waals surface area contributed by atoms with E-state index in [9.17, 15) is 4.79 Å². The fraction of sp³-hybridized carbons (Fsp3) is 0.500. The third-order valence-corrected chi connectivity index (χ3v) is 3.62. The quantitative estimate of drug-likeness (QED) is 0.919. The average Bonchev–Trinajstić information content (AvgIpc) is 2.92. The van der Waals surface area contributed by atoms with Crippen molar-refractivity contribution < 1.29 is 9.53 Å². The standard InChI is InChI=1S/C14H19ClN2O2/c1-17(14(18)12-4-3-7-16-12)9-10-8-11(15)5-6-13(10)19-2/h5-6,8,12,16H,3-4,7,9H2,1-2H3/t12-/m0/s1. The van der Waals surface area contributed by atoms with Crippen LogP contribution in [0, 0.1) is 0 Å². The van der Waals surface area contributed by atoms with Crippen molar-refractivity contribution in [1.29, 1.82) is 0 Å². The molecule has 5 heteroatoms. The maximum Gasteiger partial charge on any atom is 0.239 e. The summed E-state index contributed by atoms with van der Waals surface area (Å²) in [5.41, 5.74) is 0.920. The normalized spacial score (nSPS) is 18.4. The van der Waals surface area contributed by atoms with Gasteiger partial charge in [-0.2, -0.15) is 0 Å². The number of ether oxygens (including phenoxy) is 1. The number of halogens is 1. The van der Waals surface area contributed by atoms with Crippen LogP contribution in [0.4, 0.5) is 0 Å². The summed E-state index contributed by atoms with van der Waals surface area (Å²) in [6.45, 7) is 1.42. The summed E-state index contributed by atoms with van der Waals surface area (Å²) in [5, 5.41) is 3.86. The van der Waals surface area contributed by atoms with E-state index in [0.29, 0.717) is 11.6 Å². The SMILES string of the molecule is COc1ccc(Cl)cc1CN(C)C(=O)[C@@H]1CCCN1. The number of hydrogen-bond donors (Lipinski definition) is 1. The van der Waals surface area contributed by atoms with Gasteiger partial charge >= 0.3 is 0 Å². The van der Waals surface area contributed by atoms with E-state index in [0.717, 1.165) is 30.7 Å². The van der Waals surface area contributed by atoms with Crippen LogP contribution in [-0.4, -0.2) is 37.6 Å². The molecule has 104 valence electrons. The van der Waals surface area contributed by atoms with Crippen LogP contribution in [0.5, 0.6) is 5.75 Å². The van der Waals surface area contributed by atoms with Gasteiger partial charge in [0.15, 0.2) is 0 Å². The van der Waals surface area contributed by atoms with Gasteiger partial charge in [0.2, 0.25) is 5.91 Å². The second-order valence-electron chi connectivity index (χ2n) is 4.80. The molecule has 1 heterocycles. The summed E-state index contributed by atoms with van der Waals surface area (Å²) in [4.78, 5) is 13.9. The number of likely N-dealkylation sites (N-methyl/N-ethyl adjacent to an activating group) is 1. The van der Waals surface area contributed by atoms with Crippen LogP contribution in [0.15, 0.2) is 18.2 Å². The van der Waals surface area contributed by atoms with Gasteiger partial charge in [0.25, 0.3) is 0 Å². The lowest BCUT2D eigenvalue weighted by Gasteiger charge is -2.22. The molecule has 1 fully saturated rings. The number of hydrogen-bond acceptors (Lipinski definition) is 3. The average molecular weight is 283 g/mol. The summed E-state index contributed by atoms with van der Waals surface area (Å²) in [7, 11) is 3.43. The highest BCUT2D eigenvalue weighted by molar-refractivity contribution is 6.30. The largest absolute Gasteiger partial charge is 0.496 e. The predicted molar refractivity (Wildman–Crippen MR) is 75.5 cm³/mol. The number of methoxy groups -OCH3 is 1. The van der Waals surface area contributed by atoms with Crippen molar-refractivity contribution in [3.8, 4) is 5.75 Å². The van der Waals surface area contributed by atoms with E-state index >= 15 is 0 Å². The van der Waals surface area contributed by atoms with Crippen molar-refractivity contribution in [2.75, 3.05) is 20.7 Å². The van der Waals surface area contributed by atoms with Crippen molar-refractivity contribution >= 4 is 17.5 Å². The van der Waals surface area contributed by atoms with E-state index in [1.807, 2.05) is 19.2 Å². The molecular formula is C14H19ClN2O2. The highest BCUT2D eigenvalue weighted by atomic mass is 35.5. The molecule has 0 bridgehead atoms. The summed E-state index contributed by atoms with van der Waals surface area (Å²) >= 11 is 5.99. The molecule has 1 aromatic carbocycles. The second-order valence-corrected chi connectivity index (χ2v) is 5.24. The number of nitrogens with one attached hydrogen (secondary N) is 1. The van der Waals surface area contributed by atoms with Crippen LogP contribution in [0.1, 0.15) is 18.4 Å². The van der Waals surface area contributed by atoms with Crippen molar-refractivity contribution in [1.82, 2.24) is 10.2 Å². The van der Waals surface area contributed by atoms with Gasteiger partial charge in [-0.1, -0.05) is 11.6 Å². The van der Waals surface area contributed by atoms with Gasteiger partial charge in [0.1, 0.15) is 5.75 Å². The molecule has 1 aliphatic heterocycles. The zero-order chi connectivity index (χ0) is 13.8. The monoisotopic (exact) mass is 282 g/mol. The topological polar surface area (TPSA) is 41.6 Å². The molecule has 1 saturated heterocycles. The number of benzene rings is 1.